The van der Waals surface area contributed by atoms with Crippen molar-refractivity contribution in [3.05, 3.63) is 59.2 Å². The Morgan fingerprint density at radius 2 is 2.19 bits per heavy atom. The number of nitrogens with zero attached hydrogens (tertiary/aromatic N) is 2. The Balaban J connectivity index is 1.97. The number of nitrogens with one attached hydrogen (secondary N) is 1. The fourth-order valence-corrected chi connectivity index (χ4v) is 1.70. The number of aryl methyl sites for hydroxylation is 1. The summed E-state index contributed by atoms with van der Waals surface area (Å²) in [7, 11) is 0. The first-order valence-corrected chi connectivity index (χ1v) is 6.45. The Hall–Kier alpha value is -2.71. The molecule has 0 spiro atoms. The molecule has 2 aromatic rings. The van der Waals surface area contributed by atoms with Crippen molar-refractivity contribution in [3.8, 4) is 11.8 Å². The fourth-order valence-electron chi connectivity index (χ4n) is 1.70. The molecular weight excluding hydrogens is 266 g/mol. The average molecular weight is 281 g/mol. The van der Waals surface area contributed by atoms with Gasteiger partial charge in [-0.15, -0.1) is 0 Å². The molecule has 1 amide bonds. The van der Waals surface area contributed by atoms with E-state index in [-0.39, 0.29) is 12.5 Å². The normalized spacial score (nSPS) is 9.62. The topological polar surface area (TPSA) is 75.1 Å². The molecule has 2 N–H and O–H groups in total. The van der Waals surface area contributed by atoms with Crippen molar-refractivity contribution >= 4 is 5.91 Å². The van der Waals surface area contributed by atoms with Crippen molar-refractivity contribution in [3.63, 3.8) is 0 Å². The molecule has 106 valence electrons. The Morgan fingerprint density at radius 3 is 2.86 bits per heavy atom. The minimum atomic E-state index is -0.264. The van der Waals surface area contributed by atoms with E-state index < -0.39 is 0 Å². The lowest BCUT2D eigenvalue weighted by Crippen LogP contribution is -2.24. The van der Waals surface area contributed by atoms with Gasteiger partial charge >= 0.3 is 0 Å². The van der Waals surface area contributed by atoms with E-state index >= 15 is 0 Å². The third-order valence-corrected chi connectivity index (χ3v) is 2.68. The molecule has 0 fully saturated rings. The van der Waals surface area contributed by atoms with E-state index in [4.69, 9.17) is 5.11 Å². The van der Waals surface area contributed by atoms with E-state index in [0.29, 0.717) is 17.8 Å². The second kappa shape index (κ2) is 7.17. The first kappa shape index (κ1) is 14.7. The molecule has 0 bridgehead atoms. The van der Waals surface area contributed by atoms with Gasteiger partial charge in [0.1, 0.15) is 12.3 Å². The van der Waals surface area contributed by atoms with Crippen LogP contribution in [0.2, 0.25) is 0 Å². The van der Waals surface area contributed by atoms with Crippen LogP contribution >= 0.6 is 0 Å². The molecule has 2 aromatic heterocycles. The van der Waals surface area contributed by atoms with Crippen LogP contribution in [0.5, 0.6) is 0 Å². The number of aromatic nitrogens is 2. The molecular formula is C16H15N3O2. The van der Waals surface area contributed by atoms with Crippen LogP contribution in [-0.4, -0.2) is 27.6 Å². The molecule has 5 nitrogen and oxygen atoms in total. The Labute approximate surface area is 123 Å². The summed E-state index contributed by atoms with van der Waals surface area (Å²) in [6.45, 7) is 2.05. The maximum absolute atomic E-state index is 12.0. The molecule has 0 unspecified atom stereocenters. The van der Waals surface area contributed by atoms with Gasteiger partial charge in [0.25, 0.3) is 5.91 Å². The molecule has 0 aliphatic carbocycles. The zero-order valence-electron chi connectivity index (χ0n) is 11.6. The predicted molar refractivity (Wildman–Crippen MR) is 78.3 cm³/mol. The summed E-state index contributed by atoms with van der Waals surface area (Å²) in [6, 6.07) is 8.94. The van der Waals surface area contributed by atoms with Gasteiger partial charge in [-0.25, -0.2) is 4.98 Å². The number of carbonyl (C=O) groups is 1. The summed E-state index contributed by atoms with van der Waals surface area (Å²) in [5.74, 6) is 4.98. The number of hydrogen-bond acceptors (Lipinski definition) is 4. The highest BCUT2D eigenvalue weighted by Gasteiger charge is 2.06. The second-order valence-corrected chi connectivity index (χ2v) is 4.34. The molecule has 0 aliphatic heterocycles. The zero-order chi connectivity index (χ0) is 15.1. The summed E-state index contributed by atoms with van der Waals surface area (Å²) < 4.78 is 0. The lowest BCUT2D eigenvalue weighted by atomic mass is 10.2. The number of hydrogen-bond donors (Lipinski definition) is 2. The maximum atomic E-state index is 12.0. The smallest absolute Gasteiger partial charge is 0.270 e. The average Bonchev–Trinajstić information content (AvgIpc) is 2.51. The van der Waals surface area contributed by atoms with Gasteiger partial charge in [-0.1, -0.05) is 17.9 Å². The van der Waals surface area contributed by atoms with Gasteiger partial charge in [0.2, 0.25) is 0 Å². The first-order valence-electron chi connectivity index (χ1n) is 6.45. The van der Waals surface area contributed by atoms with Crippen molar-refractivity contribution in [2.45, 2.75) is 13.5 Å². The Bertz CT molecular complexity index is 685. The van der Waals surface area contributed by atoms with Crippen molar-refractivity contribution in [2.75, 3.05) is 6.61 Å². The summed E-state index contributed by atoms with van der Waals surface area (Å²) in [6.07, 6.45) is 1.50. The van der Waals surface area contributed by atoms with Crippen molar-refractivity contribution in [2.24, 2.45) is 0 Å². The van der Waals surface area contributed by atoms with E-state index in [0.717, 1.165) is 11.4 Å². The highest BCUT2D eigenvalue weighted by Crippen LogP contribution is 2.01. The molecule has 0 radical (unpaired) electrons. The van der Waals surface area contributed by atoms with Gasteiger partial charge in [-0.05, 0) is 31.2 Å². The van der Waals surface area contributed by atoms with Crippen molar-refractivity contribution in [1.29, 1.82) is 0 Å². The zero-order valence-corrected chi connectivity index (χ0v) is 11.6. The molecule has 2 heterocycles. The van der Waals surface area contributed by atoms with Gasteiger partial charge < -0.3 is 10.4 Å². The summed E-state index contributed by atoms with van der Waals surface area (Å²) >= 11 is 0. The van der Waals surface area contributed by atoms with E-state index in [1.54, 1.807) is 12.1 Å². The van der Waals surface area contributed by atoms with E-state index in [9.17, 15) is 4.79 Å². The van der Waals surface area contributed by atoms with Crippen LogP contribution < -0.4 is 5.32 Å². The van der Waals surface area contributed by atoms with Crippen LogP contribution in [0.1, 0.15) is 27.4 Å². The SMILES string of the molecule is Cc1cccc(CNC(=O)c2ccc(C#CCO)cn2)n1. The van der Waals surface area contributed by atoms with E-state index in [2.05, 4.69) is 27.1 Å². The second-order valence-electron chi connectivity index (χ2n) is 4.34. The number of carbonyl (C=O) groups excluding carboxylic acids is 1. The number of rotatable bonds is 3. The van der Waals surface area contributed by atoms with Gasteiger partial charge in [-0.2, -0.15) is 0 Å². The molecule has 0 aromatic carbocycles. The van der Waals surface area contributed by atoms with Crippen LogP contribution in [0.3, 0.4) is 0 Å². The van der Waals surface area contributed by atoms with Crippen LogP contribution in [0.25, 0.3) is 0 Å². The predicted octanol–water partition coefficient (Wildman–Crippen LogP) is 1.06. The number of amides is 1. The third-order valence-electron chi connectivity index (χ3n) is 2.68. The van der Waals surface area contributed by atoms with Crippen LogP contribution in [0.4, 0.5) is 0 Å². The molecule has 21 heavy (non-hydrogen) atoms. The lowest BCUT2D eigenvalue weighted by molar-refractivity contribution is 0.0945. The Morgan fingerprint density at radius 1 is 1.33 bits per heavy atom. The van der Waals surface area contributed by atoms with Gasteiger partial charge in [-0.3, -0.25) is 9.78 Å². The largest absolute Gasteiger partial charge is 0.384 e. The molecule has 0 atom stereocenters. The standard InChI is InChI=1S/C16H15N3O2/c1-12-4-2-6-14(19-12)11-18-16(21)15-8-7-13(10-17-15)5-3-9-20/h2,4,6-8,10,20H,9,11H2,1H3,(H,18,21). The van der Waals surface area contributed by atoms with Crippen LogP contribution in [-0.2, 0) is 6.54 Å². The van der Waals surface area contributed by atoms with Gasteiger partial charge in [0.05, 0.1) is 12.2 Å². The Kier molecular flexibility index (Phi) is 5.02. The maximum Gasteiger partial charge on any atom is 0.270 e. The lowest BCUT2D eigenvalue weighted by Gasteiger charge is -2.05. The third kappa shape index (κ3) is 4.41. The van der Waals surface area contributed by atoms with Crippen molar-refractivity contribution < 1.29 is 9.90 Å². The summed E-state index contributed by atoms with van der Waals surface area (Å²) in [4.78, 5) is 20.3. The van der Waals surface area contributed by atoms with E-state index in [1.165, 1.54) is 6.20 Å². The quantitative estimate of drug-likeness (QED) is 0.825. The highest BCUT2D eigenvalue weighted by atomic mass is 16.2. The van der Waals surface area contributed by atoms with Gasteiger partial charge in [0, 0.05) is 17.5 Å². The molecule has 5 heteroatoms. The number of pyridine rings is 2. The summed E-state index contributed by atoms with van der Waals surface area (Å²) in [5.41, 5.74) is 2.68. The number of aliphatic hydroxyl groups excluding tert-OH is 1. The molecule has 0 aliphatic rings. The van der Waals surface area contributed by atoms with Crippen LogP contribution in [0, 0.1) is 18.8 Å². The highest BCUT2D eigenvalue weighted by molar-refractivity contribution is 5.92. The first-order chi connectivity index (χ1) is 10.2. The molecule has 2 rings (SSSR count). The van der Waals surface area contributed by atoms with E-state index in [1.807, 2.05) is 25.1 Å². The fraction of sp³-hybridized carbons (Fsp3) is 0.188. The monoisotopic (exact) mass is 281 g/mol. The molecule has 0 saturated carbocycles. The van der Waals surface area contributed by atoms with Gasteiger partial charge in [0.15, 0.2) is 0 Å². The minimum Gasteiger partial charge on any atom is -0.384 e. The van der Waals surface area contributed by atoms with Crippen molar-refractivity contribution in [1.82, 2.24) is 15.3 Å². The van der Waals surface area contributed by atoms with Crippen LogP contribution in [0.15, 0.2) is 36.5 Å². The summed E-state index contributed by atoms with van der Waals surface area (Å²) in [5, 5.41) is 11.4. The number of aliphatic hydroxyl groups is 1. The minimum absolute atomic E-state index is 0.203. The molecule has 0 saturated heterocycles.